The van der Waals surface area contributed by atoms with Gasteiger partial charge in [-0.1, -0.05) is 19.9 Å². The van der Waals surface area contributed by atoms with Crippen molar-refractivity contribution < 1.29 is 9.72 Å². The molecule has 0 bridgehead atoms. The molecule has 2 N–H and O–H groups in total. The SMILES string of the molecule is Cc1cc(N2C(=S)N[C@@H](c3ccccn3)[C@H]2c2cccn2-c2ccc([N+](=O)[O-])cc2)ccc1NC(=O)C(C)C. The van der Waals surface area contributed by atoms with Gasteiger partial charge >= 0.3 is 0 Å². The number of thiocarbonyl (C=S) groups is 1. The summed E-state index contributed by atoms with van der Waals surface area (Å²) in [4.78, 5) is 29.8. The number of anilines is 2. The molecule has 0 unspecified atom stereocenters. The maximum Gasteiger partial charge on any atom is 0.269 e. The number of nitrogens with zero attached hydrogens (tertiary/aromatic N) is 4. The third-order valence-corrected chi connectivity index (χ3v) is 7.11. The van der Waals surface area contributed by atoms with Crippen molar-refractivity contribution in [1.82, 2.24) is 14.9 Å². The fraction of sp³-hybridized carbons (Fsp3) is 0.207. The molecule has 0 aliphatic carbocycles. The number of aryl methyl sites for hydroxylation is 1. The molecule has 1 amide bonds. The number of pyridine rings is 1. The molecule has 0 saturated carbocycles. The zero-order valence-electron chi connectivity index (χ0n) is 21.7. The first-order chi connectivity index (χ1) is 18.7. The van der Waals surface area contributed by atoms with E-state index in [1.807, 2.05) is 80.1 Å². The van der Waals surface area contributed by atoms with Gasteiger partial charge in [0.05, 0.1) is 16.7 Å². The lowest BCUT2D eigenvalue weighted by molar-refractivity contribution is -0.384. The van der Waals surface area contributed by atoms with Crippen LogP contribution < -0.4 is 15.5 Å². The summed E-state index contributed by atoms with van der Waals surface area (Å²) in [5.41, 5.74) is 5.12. The Bertz CT molecular complexity index is 1530. The van der Waals surface area contributed by atoms with Gasteiger partial charge in [0.2, 0.25) is 5.91 Å². The Kier molecular flexibility index (Phi) is 7.12. The summed E-state index contributed by atoms with van der Waals surface area (Å²) in [6.07, 6.45) is 3.69. The van der Waals surface area contributed by atoms with Crippen LogP contribution in [0.5, 0.6) is 0 Å². The quantitative estimate of drug-likeness (QED) is 0.172. The third-order valence-electron chi connectivity index (χ3n) is 6.79. The second-order valence-corrected chi connectivity index (χ2v) is 10.1. The van der Waals surface area contributed by atoms with Gasteiger partial charge in [-0.25, -0.2) is 0 Å². The molecule has 198 valence electrons. The van der Waals surface area contributed by atoms with Crippen molar-refractivity contribution in [1.29, 1.82) is 0 Å². The molecule has 39 heavy (non-hydrogen) atoms. The van der Waals surface area contributed by atoms with Gasteiger partial charge in [0, 0.05) is 53.2 Å². The van der Waals surface area contributed by atoms with E-state index in [0.29, 0.717) is 5.11 Å². The molecule has 1 fully saturated rings. The van der Waals surface area contributed by atoms with Crippen LogP contribution in [0.3, 0.4) is 0 Å². The molecule has 1 aliphatic heterocycles. The number of benzene rings is 2. The standard InChI is InChI=1S/C29H28N6O3S/c1-18(2)28(36)31-23-14-13-22(17-19(23)3)34-27(26(32-29(34)39)24-7-4-5-15-30-24)25-8-6-16-33(25)20-9-11-21(12-10-20)35(37)38/h4-18,26-27H,1-3H3,(H,31,36)(H,32,39)/t26-,27+/m0/s1. The topological polar surface area (TPSA) is 105 Å². The normalized spacial score (nSPS) is 16.8. The second-order valence-electron chi connectivity index (χ2n) is 9.72. The molecule has 1 saturated heterocycles. The summed E-state index contributed by atoms with van der Waals surface area (Å²) in [5, 5.41) is 18.2. The fourth-order valence-corrected chi connectivity index (χ4v) is 5.10. The predicted octanol–water partition coefficient (Wildman–Crippen LogP) is 5.86. The van der Waals surface area contributed by atoms with Crippen molar-refractivity contribution in [3.8, 4) is 5.69 Å². The highest BCUT2D eigenvalue weighted by atomic mass is 32.1. The number of rotatable bonds is 7. The van der Waals surface area contributed by atoms with Gasteiger partial charge in [-0.3, -0.25) is 19.9 Å². The maximum atomic E-state index is 12.3. The molecule has 0 radical (unpaired) electrons. The van der Waals surface area contributed by atoms with E-state index in [1.165, 1.54) is 12.1 Å². The van der Waals surface area contributed by atoms with E-state index in [0.717, 1.165) is 34.0 Å². The number of hydrogen-bond acceptors (Lipinski definition) is 5. The molecular formula is C29H28N6O3S. The second kappa shape index (κ2) is 10.7. The van der Waals surface area contributed by atoms with Crippen LogP contribution >= 0.6 is 12.2 Å². The van der Waals surface area contributed by atoms with Crippen molar-refractivity contribution in [3.63, 3.8) is 0 Å². The van der Waals surface area contributed by atoms with Gasteiger partial charge in [-0.2, -0.15) is 0 Å². The predicted molar refractivity (Wildman–Crippen MR) is 155 cm³/mol. The molecule has 0 spiro atoms. The summed E-state index contributed by atoms with van der Waals surface area (Å²) >= 11 is 5.87. The first kappa shape index (κ1) is 26.1. The van der Waals surface area contributed by atoms with Gasteiger partial charge in [-0.05, 0) is 79.3 Å². The molecule has 2 atom stereocenters. The number of aromatic nitrogens is 2. The van der Waals surface area contributed by atoms with Gasteiger partial charge in [0.15, 0.2) is 5.11 Å². The van der Waals surface area contributed by atoms with Crippen LogP contribution in [0, 0.1) is 23.0 Å². The van der Waals surface area contributed by atoms with Crippen molar-refractivity contribution in [3.05, 3.63) is 112 Å². The van der Waals surface area contributed by atoms with Crippen LogP contribution in [0.25, 0.3) is 5.69 Å². The number of nitro benzene ring substituents is 1. The summed E-state index contributed by atoms with van der Waals surface area (Å²) in [5.74, 6) is -0.173. The van der Waals surface area contributed by atoms with Crippen molar-refractivity contribution >= 4 is 40.3 Å². The molecule has 3 heterocycles. The molecule has 1 aliphatic rings. The van der Waals surface area contributed by atoms with E-state index < -0.39 is 4.92 Å². The van der Waals surface area contributed by atoms with Crippen LogP contribution in [0.4, 0.5) is 17.1 Å². The Morgan fingerprint density at radius 2 is 1.82 bits per heavy atom. The first-order valence-corrected chi connectivity index (χ1v) is 13.0. The molecular weight excluding hydrogens is 512 g/mol. The van der Waals surface area contributed by atoms with Crippen LogP contribution in [0.2, 0.25) is 0 Å². The smallest absolute Gasteiger partial charge is 0.269 e. The summed E-state index contributed by atoms with van der Waals surface area (Å²) in [6.45, 7) is 5.67. The molecule has 10 heteroatoms. The lowest BCUT2D eigenvalue weighted by atomic mass is 10.00. The zero-order valence-corrected chi connectivity index (χ0v) is 22.6. The Morgan fingerprint density at radius 1 is 1.08 bits per heavy atom. The number of amides is 1. The molecule has 4 aromatic rings. The highest BCUT2D eigenvalue weighted by molar-refractivity contribution is 7.80. The number of carbonyl (C=O) groups excluding carboxylic acids is 1. The van der Waals surface area contributed by atoms with E-state index in [9.17, 15) is 14.9 Å². The monoisotopic (exact) mass is 540 g/mol. The summed E-state index contributed by atoms with van der Waals surface area (Å²) in [6, 6.07) is 21.5. The molecule has 2 aromatic carbocycles. The minimum absolute atomic E-state index is 0.0317. The third kappa shape index (κ3) is 5.10. The number of carbonyl (C=O) groups is 1. The number of nitrogens with one attached hydrogen (secondary N) is 2. The molecule has 2 aromatic heterocycles. The fourth-order valence-electron chi connectivity index (χ4n) is 4.75. The lowest BCUT2D eigenvalue weighted by Crippen LogP contribution is -2.30. The van der Waals surface area contributed by atoms with Crippen LogP contribution in [-0.4, -0.2) is 25.5 Å². The lowest BCUT2D eigenvalue weighted by Gasteiger charge is -2.29. The van der Waals surface area contributed by atoms with Gasteiger partial charge in [0.25, 0.3) is 5.69 Å². The summed E-state index contributed by atoms with van der Waals surface area (Å²) < 4.78 is 2.01. The zero-order chi connectivity index (χ0) is 27.7. The first-order valence-electron chi connectivity index (χ1n) is 12.6. The maximum absolute atomic E-state index is 12.3. The van der Waals surface area contributed by atoms with Crippen molar-refractivity contribution in [2.45, 2.75) is 32.9 Å². The Balaban J connectivity index is 1.59. The van der Waals surface area contributed by atoms with E-state index in [-0.39, 0.29) is 29.6 Å². The highest BCUT2D eigenvalue weighted by Crippen LogP contribution is 2.43. The van der Waals surface area contributed by atoms with Crippen molar-refractivity contribution in [2.75, 3.05) is 10.2 Å². The Hall–Kier alpha value is -4.57. The van der Waals surface area contributed by atoms with Gasteiger partial charge in [-0.15, -0.1) is 0 Å². The largest absolute Gasteiger partial charge is 0.351 e. The highest BCUT2D eigenvalue weighted by Gasteiger charge is 2.42. The number of nitro groups is 1. The van der Waals surface area contributed by atoms with Crippen LogP contribution in [-0.2, 0) is 4.79 Å². The Morgan fingerprint density at radius 3 is 2.46 bits per heavy atom. The molecule has 5 rings (SSSR count). The summed E-state index contributed by atoms with van der Waals surface area (Å²) in [7, 11) is 0. The van der Waals surface area contributed by atoms with Crippen LogP contribution in [0.1, 0.15) is 42.9 Å². The van der Waals surface area contributed by atoms with E-state index in [1.54, 1.807) is 18.3 Å². The van der Waals surface area contributed by atoms with E-state index in [4.69, 9.17) is 12.2 Å². The van der Waals surface area contributed by atoms with Gasteiger partial charge in [0.1, 0.15) is 6.04 Å². The number of hydrogen-bond donors (Lipinski definition) is 2. The average molecular weight is 541 g/mol. The average Bonchev–Trinajstić information content (AvgIpc) is 3.54. The number of non-ortho nitro benzene ring substituents is 1. The van der Waals surface area contributed by atoms with E-state index in [2.05, 4.69) is 20.5 Å². The minimum Gasteiger partial charge on any atom is -0.351 e. The van der Waals surface area contributed by atoms with E-state index >= 15 is 0 Å². The van der Waals surface area contributed by atoms with Gasteiger partial charge < -0.3 is 20.1 Å². The Labute approximate surface area is 231 Å². The van der Waals surface area contributed by atoms with Crippen molar-refractivity contribution in [2.24, 2.45) is 5.92 Å². The van der Waals surface area contributed by atoms with Crippen LogP contribution in [0.15, 0.2) is 85.2 Å². The minimum atomic E-state index is -0.409. The molecule has 9 nitrogen and oxygen atoms in total.